The van der Waals surface area contributed by atoms with Gasteiger partial charge >= 0.3 is 17.1 Å². The second-order valence-electron chi connectivity index (χ2n) is 4.93. The zero-order valence-electron chi connectivity index (χ0n) is 14.0. The first-order valence-electron chi connectivity index (χ1n) is 7.16. The minimum atomic E-state index is 0. The first-order chi connectivity index (χ1) is 11.0. The van der Waals surface area contributed by atoms with Crippen LogP contribution in [0.5, 0.6) is 0 Å². The molecule has 0 N–H and O–H groups in total. The van der Waals surface area contributed by atoms with Crippen molar-refractivity contribution in [2.75, 3.05) is 0 Å². The molecule has 3 aromatic heterocycles. The van der Waals surface area contributed by atoms with Crippen molar-refractivity contribution in [3.05, 3.63) is 85.5 Å². The molecule has 3 heterocycles. The van der Waals surface area contributed by atoms with Crippen LogP contribution in [-0.2, 0) is 17.1 Å². The zero-order chi connectivity index (χ0) is 16.8. The van der Waals surface area contributed by atoms with Crippen molar-refractivity contribution < 1.29 is 17.1 Å². The van der Waals surface area contributed by atoms with Crippen LogP contribution in [0.3, 0.4) is 0 Å². The van der Waals surface area contributed by atoms with Gasteiger partial charge in [-0.3, -0.25) is 20.6 Å². The first kappa shape index (κ1) is 19.5. The number of allylic oxidation sites excluding steroid dienone is 2. The second kappa shape index (κ2) is 8.96. The van der Waals surface area contributed by atoms with Crippen molar-refractivity contribution in [3.8, 4) is 0 Å². The minimum absolute atomic E-state index is 0. The molecule has 1 radical (unpaired) electrons. The quantitative estimate of drug-likeness (QED) is 0.407. The largest absolute Gasteiger partial charge is 2.00 e. The number of hydrogen-bond donors (Lipinski definition) is 0. The van der Waals surface area contributed by atoms with Gasteiger partial charge in [-0.25, -0.2) is 12.2 Å². The van der Waals surface area contributed by atoms with Crippen LogP contribution in [0.2, 0.25) is 0 Å². The van der Waals surface area contributed by atoms with Crippen molar-refractivity contribution in [2.45, 2.75) is 20.8 Å². The number of rotatable bonds is 4. The average molecular weight is 363 g/mol. The van der Waals surface area contributed by atoms with Crippen LogP contribution in [0.25, 0.3) is 0 Å². The van der Waals surface area contributed by atoms with E-state index in [0.29, 0.717) is 0 Å². The molecule has 0 unspecified atom stereocenters. The maximum atomic E-state index is 4.78. The molecule has 0 atom stereocenters. The molecule has 0 bridgehead atoms. The Morgan fingerprint density at radius 3 is 1.33 bits per heavy atom. The maximum absolute atomic E-state index is 4.78. The molecule has 0 aliphatic heterocycles. The molecule has 3 aromatic rings. The van der Waals surface area contributed by atoms with Crippen LogP contribution in [0.15, 0.2) is 55.5 Å². The van der Waals surface area contributed by atoms with Gasteiger partial charge in [0.25, 0.3) is 0 Å². The standard InChI is InChI=1S/C13H15N6.C4H5.Mn/c1-10-4-7-17(14-10)13(18-8-5-11(2)15-18)19-9-6-12(3)16-19;1-3-4-2;/h4-9H,1-3H3;1,3-4H,2H2;/q2*-1;+2. The molecular formula is C17H20MnN6. The first-order valence-corrected chi connectivity index (χ1v) is 7.16. The number of hydrogen-bond acceptors (Lipinski definition) is 3. The number of aromatic nitrogens is 6. The van der Waals surface area contributed by atoms with Crippen molar-refractivity contribution in [1.29, 1.82) is 0 Å². The molecule has 3 rings (SSSR count). The fourth-order valence-corrected chi connectivity index (χ4v) is 1.89. The predicted octanol–water partition coefficient (Wildman–Crippen LogP) is 2.75. The van der Waals surface area contributed by atoms with E-state index in [0.717, 1.165) is 23.4 Å². The normalized spacial score (nSPS) is 9.46. The Morgan fingerprint density at radius 2 is 1.17 bits per heavy atom. The van der Waals surface area contributed by atoms with Crippen LogP contribution in [0, 0.1) is 33.6 Å². The second-order valence-corrected chi connectivity index (χ2v) is 4.93. The summed E-state index contributed by atoms with van der Waals surface area (Å²) in [4.78, 5) is 0. The smallest absolute Gasteiger partial charge is 0.293 e. The molecule has 0 fully saturated rings. The van der Waals surface area contributed by atoms with Crippen molar-refractivity contribution in [1.82, 2.24) is 29.3 Å². The fraction of sp³-hybridized carbons (Fsp3) is 0.176. The van der Waals surface area contributed by atoms with E-state index in [-0.39, 0.29) is 17.1 Å². The fourth-order valence-electron chi connectivity index (χ4n) is 1.89. The van der Waals surface area contributed by atoms with Crippen molar-refractivity contribution in [3.63, 3.8) is 0 Å². The minimum Gasteiger partial charge on any atom is -0.293 e. The van der Waals surface area contributed by atoms with Crippen LogP contribution in [-0.4, -0.2) is 29.3 Å². The molecule has 0 aliphatic rings. The van der Waals surface area contributed by atoms with Gasteiger partial charge in [0.05, 0.1) is 0 Å². The Hall–Kier alpha value is -2.50. The van der Waals surface area contributed by atoms with E-state index in [1.54, 1.807) is 14.0 Å². The summed E-state index contributed by atoms with van der Waals surface area (Å²) in [6, 6.07) is 5.85. The van der Waals surface area contributed by atoms with Crippen LogP contribution in [0.4, 0.5) is 0 Å². The summed E-state index contributed by atoms with van der Waals surface area (Å²) in [5.74, 6) is 0. The molecule has 0 saturated heterocycles. The third-order valence-corrected chi connectivity index (χ3v) is 2.92. The van der Waals surface area contributed by atoms with Crippen molar-refractivity contribution in [2.24, 2.45) is 0 Å². The predicted molar refractivity (Wildman–Crippen MR) is 89.4 cm³/mol. The molecule has 0 saturated carbocycles. The Bertz CT molecular complexity index is 681. The van der Waals surface area contributed by atoms with E-state index < -0.39 is 0 Å². The van der Waals surface area contributed by atoms with Crippen LogP contribution >= 0.6 is 0 Å². The van der Waals surface area contributed by atoms with Crippen LogP contribution < -0.4 is 0 Å². The molecule has 6 nitrogen and oxygen atoms in total. The monoisotopic (exact) mass is 363 g/mol. The summed E-state index contributed by atoms with van der Waals surface area (Å²) in [6.07, 6.45) is 9.38. The summed E-state index contributed by atoms with van der Waals surface area (Å²) < 4.78 is 5.32. The Labute approximate surface area is 153 Å². The number of nitrogens with zero attached hydrogens (tertiary/aromatic N) is 6. The maximum Gasteiger partial charge on any atom is 2.00 e. The summed E-state index contributed by atoms with van der Waals surface area (Å²) in [5, 5.41) is 13.3. The molecule has 0 amide bonds. The average Bonchev–Trinajstić information content (AvgIpc) is 3.24. The zero-order valence-corrected chi connectivity index (χ0v) is 15.1. The van der Waals surface area contributed by atoms with E-state index in [2.05, 4.69) is 21.9 Å². The molecule has 7 heteroatoms. The van der Waals surface area contributed by atoms with E-state index >= 15 is 0 Å². The van der Waals surface area contributed by atoms with Gasteiger partial charge in [-0.05, 0) is 39.4 Å². The van der Waals surface area contributed by atoms with Gasteiger partial charge in [0.1, 0.15) is 0 Å². The Morgan fingerprint density at radius 1 is 0.875 bits per heavy atom. The molecule has 0 aliphatic carbocycles. The molecule has 0 spiro atoms. The van der Waals surface area contributed by atoms with E-state index in [9.17, 15) is 0 Å². The third kappa shape index (κ3) is 4.75. The Kier molecular flexibility index (Phi) is 7.29. The van der Waals surface area contributed by atoms with Gasteiger partial charge in [0.15, 0.2) is 6.29 Å². The van der Waals surface area contributed by atoms with Gasteiger partial charge in [0, 0.05) is 17.1 Å². The number of aryl methyl sites for hydroxylation is 3. The summed E-state index contributed by atoms with van der Waals surface area (Å²) >= 11 is 0. The summed E-state index contributed by atoms with van der Waals surface area (Å²) in [7, 11) is 0. The van der Waals surface area contributed by atoms with E-state index in [1.165, 1.54) is 12.2 Å². The molecule has 0 aromatic carbocycles. The van der Waals surface area contributed by atoms with Gasteiger partial charge in [0.2, 0.25) is 0 Å². The molecule has 24 heavy (non-hydrogen) atoms. The molecule has 125 valence electrons. The van der Waals surface area contributed by atoms with Crippen molar-refractivity contribution >= 4 is 0 Å². The SMILES string of the molecule is Cc1ccn([C-](n2ccc(C)n2)n2ccc(C)n2)n1.[CH-]=CC=C.[Mn+2]. The topological polar surface area (TPSA) is 53.5 Å². The van der Waals surface area contributed by atoms with Gasteiger partial charge in [-0.2, -0.15) is 21.9 Å². The Balaban J connectivity index is 0.000000522. The van der Waals surface area contributed by atoms with E-state index in [1.807, 2.05) is 57.6 Å². The molecular weight excluding hydrogens is 343 g/mol. The third-order valence-electron chi connectivity index (χ3n) is 2.92. The van der Waals surface area contributed by atoms with E-state index in [4.69, 9.17) is 6.58 Å². The van der Waals surface area contributed by atoms with Gasteiger partial charge < -0.3 is 0 Å². The van der Waals surface area contributed by atoms with Gasteiger partial charge in [-0.1, -0.05) is 18.2 Å². The summed E-state index contributed by atoms with van der Waals surface area (Å²) in [5.41, 5.74) is 2.85. The summed E-state index contributed by atoms with van der Waals surface area (Å²) in [6.45, 7) is 13.9. The van der Waals surface area contributed by atoms with Crippen LogP contribution in [0.1, 0.15) is 17.1 Å². The van der Waals surface area contributed by atoms with Gasteiger partial charge in [-0.15, -0.1) is 0 Å².